The first-order valence-electron chi connectivity index (χ1n) is 10.9. The summed E-state index contributed by atoms with van der Waals surface area (Å²) in [5.41, 5.74) is 2.60. The van der Waals surface area contributed by atoms with Crippen LogP contribution in [0.2, 0.25) is 0 Å². The number of halogens is 3. The largest absolute Gasteiger partial charge is 0.494 e. The van der Waals surface area contributed by atoms with Gasteiger partial charge < -0.3 is 4.74 Å². The SMILES string of the molecule is CCCCCc1ccc2c(F)c(-c3ccc(-c4ccc(OC)c(F)c4)c(F)c3)ccc2c1. The van der Waals surface area contributed by atoms with E-state index >= 15 is 4.39 Å². The summed E-state index contributed by atoms with van der Waals surface area (Å²) in [6.07, 6.45) is 4.43. The molecule has 0 bridgehead atoms. The third-order valence-electron chi connectivity index (χ3n) is 5.83. The maximum atomic E-state index is 15.3. The van der Waals surface area contributed by atoms with Crippen molar-refractivity contribution in [3.05, 3.63) is 89.7 Å². The van der Waals surface area contributed by atoms with Crippen LogP contribution in [0, 0.1) is 17.5 Å². The van der Waals surface area contributed by atoms with E-state index in [0.29, 0.717) is 22.1 Å². The summed E-state index contributed by atoms with van der Waals surface area (Å²) in [6, 6.07) is 18.1. The third kappa shape index (κ3) is 4.36. The maximum absolute atomic E-state index is 15.3. The smallest absolute Gasteiger partial charge is 0.165 e. The van der Waals surface area contributed by atoms with E-state index in [1.807, 2.05) is 18.2 Å². The van der Waals surface area contributed by atoms with Gasteiger partial charge in [0.05, 0.1) is 7.11 Å². The maximum Gasteiger partial charge on any atom is 0.165 e. The minimum atomic E-state index is -0.567. The van der Waals surface area contributed by atoms with Gasteiger partial charge in [-0.1, -0.05) is 68.3 Å². The van der Waals surface area contributed by atoms with Gasteiger partial charge in [-0.15, -0.1) is 0 Å². The average Bonchev–Trinajstić information content (AvgIpc) is 2.79. The number of ether oxygens (including phenoxy) is 1. The van der Waals surface area contributed by atoms with E-state index < -0.39 is 11.6 Å². The molecule has 4 heteroatoms. The summed E-state index contributed by atoms with van der Waals surface area (Å²) >= 11 is 0. The second-order valence-corrected chi connectivity index (χ2v) is 7.98. The number of fused-ring (bicyclic) bond motifs is 1. The third-order valence-corrected chi connectivity index (χ3v) is 5.83. The van der Waals surface area contributed by atoms with Crippen LogP contribution in [0.1, 0.15) is 31.7 Å². The van der Waals surface area contributed by atoms with Crippen LogP contribution in [0.25, 0.3) is 33.0 Å². The first-order chi connectivity index (χ1) is 15.5. The summed E-state index contributed by atoms with van der Waals surface area (Å²) in [6.45, 7) is 2.17. The predicted octanol–water partition coefficient (Wildman–Crippen LogP) is 8.33. The first-order valence-corrected chi connectivity index (χ1v) is 10.9. The Morgan fingerprint density at radius 1 is 0.719 bits per heavy atom. The molecule has 0 amide bonds. The molecule has 1 nitrogen and oxygen atoms in total. The topological polar surface area (TPSA) is 9.23 Å². The Morgan fingerprint density at radius 2 is 1.44 bits per heavy atom. The van der Waals surface area contributed by atoms with Gasteiger partial charge in [-0.2, -0.15) is 0 Å². The highest BCUT2D eigenvalue weighted by Gasteiger charge is 2.14. The van der Waals surface area contributed by atoms with E-state index in [1.165, 1.54) is 37.3 Å². The van der Waals surface area contributed by atoms with Crippen LogP contribution >= 0.6 is 0 Å². The molecule has 0 saturated heterocycles. The highest BCUT2D eigenvalue weighted by atomic mass is 19.1. The fourth-order valence-electron chi connectivity index (χ4n) is 4.05. The predicted molar refractivity (Wildman–Crippen MR) is 124 cm³/mol. The van der Waals surface area contributed by atoms with E-state index in [1.54, 1.807) is 30.3 Å². The Hall–Kier alpha value is -3.27. The van der Waals surface area contributed by atoms with Gasteiger partial charge in [-0.05, 0) is 53.1 Å². The lowest BCUT2D eigenvalue weighted by molar-refractivity contribution is 0.386. The molecule has 164 valence electrons. The fraction of sp³-hybridized carbons (Fsp3) is 0.214. The van der Waals surface area contributed by atoms with Crippen LogP contribution in [0.3, 0.4) is 0 Å². The molecule has 0 N–H and O–H groups in total. The number of benzene rings is 4. The number of hydrogen-bond donors (Lipinski definition) is 0. The summed E-state index contributed by atoms with van der Waals surface area (Å²) in [4.78, 5) is 0. The van der Waals surface area contributed by atoms with Gasteiger partial charge in [0.15, 0.2) is 11.6 Å². The lowest BCUT2D eigenvalue weighted by atomic mass is 9.96. The molecule has 0 unspecified atom stereocenters. The summed E-state index contributed by atoms with van der Waals surface area (Å²) in [5, 5.41) is 1.36. The van der Waals surface area contributed by atoms with Gasteiger partial charge in [0, 0.05) is 16.5 Å². The number of aryl methyl sites for hydroxylation is 1. The fourth-order valence-corrected chi connectivity index (χ4v) is 4.05. The summed E-state index contributed by atoms with van der Waals surface area (Å²) < 4.78 is 49.1. The zero-order chi connectivity index (χ0) is 22.7. The van der Waals surface area contributed by atoms with Crippen LogP contribution < -0.4 is 4.74 Å². The van der Waals surface area contributed by atoms with Crippen molar-refractivity contribution in [1.82, 2.24) is 0 Å². The molecule has 4 aromatic carbocycles. The van der Waals surface area contributed by atoms with Crippen LogP contribution in [0.5, 0.6) is 5.75 Å². The van der Waals surface area contributed by atoms with Crippen molar-refractivity contribution in [3.8, 4) is 28.0 Å². The molecule has 0 aromatic heterocycles. The van der Waals surface area contributed by atoms with Crippen molar-refractivity contribution in [2.24, 2.45) is 0 Å². The van der Waals surface area contributed by atoms with Crippen LogP contribution in [-0.2, 0) is 6.42 Å². The molecule has 32 heavy (non-hydrogen) atoms. The molecule has 0 heterocycles. The van der Waals surface area contributed by atoms with Gasteiger partial charge in [0.25, 0.3) is 0 Å². The van der Waals surface area contributed by atoms with Crippen molar-refractivity contribution < 1.29 is 17.9 Å². The molecule has 0 saturated carbocycles. The number of unbranched alkanes of at least 4 members (excludes halogenated alkanes) is 2. The number of hydrogen-bond acceptors (Lipinski definition) is 1. The number of rotatable bonds is 7. The summed E-state index contributed by atoms with van der Waals surface area (Å²) in [5.74, 6) is -1.39. The Balaban J connectivity index is 1.66. The zero-order valence-electron chi connectivity index (χ0n) is 18.2. The molecular weight excluding hydrogens is 409 g/mol. The van der Waals surface area contributed by atoms with E-state index in [4.69, 9.17) is 4.74 Å². The second-order valence-electron chi connectivity index (χ2n) is 7.98. The molecule has 0 spiro atoms. The first kappa shape index (κ1) is 21.9. The molecule has 0 fully saturated rings. The van der Waals surface area contributed by atoms with Gasteiger partial charge >= 0.3 is 0 Å². The second kappa shape index (κ2) is 9.47. The normalized spacial score (nSPS) is 11.2. The molecule has 0 aliphatic heterocycles. The van der Waals surface area contributed by atoms with E-state index in [2.05, 4.69) is 6.92 Å². The van der Waals surface area contributed by atoms with Gasteiger partial charge in [0.1, 0.15) is 11.6 Å². The molecule has 0 aliphatic carbocycles. The zero-order valence-corrected chi connectivity index (χ0v) is 18.2. The highest BCUT2D eigenvalue weighted by Crippen LogP contribution is 2.33. The Labute approximate surface area is 186 Å². The molecule has 0 radical (unpaired) electrons. The van der Waals surface area contributed by atoms with Crippen molar-refractivity contribution in [2.45, 2.75) is 32.6 Å². The Bertz CT molecular complexity index is 1260. The van der Waals surface area contributed by atoms with Gasteiger partial charge in [-0.25, -0.2) is 13.2 Å². The molecule has 0 aliphatic rings. The van der Waals surface area contributed by atoms with E-state index in [0.717, 1.165) is 24.6 Å². The lowest BCUT2D eigenvalue weighted by Gasteiger charge is -2.11. The van der Waals surface area contributed by atoms with E-state index in [9.17, 15) is 8.78 Å². The van der Waals surface area contributed by atoms with Crippen molar-refractivity contribution in [3.63, 3.8) is 0 Å². The number of methoxy groups -OCH3 is 1. The average molecular weight is 435 g/mol. The standard InChI is InChI=1S/C28H25F3O/c1-3-4-5-6-18-7-11-23-19(15-18)9-13-24(28(23)31)21-8-12-22(25(29)16-21)20-10-14-27(32-2)26(30)17-20/h7-17H,3-6H2,1-2H3. The monoisotopic (exact) mass is 434 g/mol. The van der Waals surface area contributed by atoms with Crippen molar-refractivity contribution >= 4 is 10.8 Å². The molecule has 4 aromatic rings. The molecular formula is C28H25F3O. The quantitative estimate of drug-likeness (QED) is 0.266. The van der Waals surface area contributed by atoms with Crippen LogP contribution in [-0.4, -0.2) is 7.11 Å². The molecule has 4 rings (SSSR count). The van der Waals surface area contributed by atoms with E-state index in [-0.39, 0.29) is 17.1 Å². The summed E-state index contributed by atoms with van der Waals surface area (Å²) in [7, 11) is 1.37. The van der Waals surface area contributed by atoms with Crippen molar-refractivity contribution in [1.29, 1.82) is 0 Å². The lowest BCUT2D eigenvalue weighted by Crippen LogP contribution is -1.93. The van der Waals surface area contributed by atoms with Crippen LogP contribution in [0.15, 0.2) is 66.7 Å². The minimum Gasteiger partial charge on any atom is -0.494 e. The van der Waals surface area contributed by atoms with Crippen LogP contribution in [0.4, 0.5) is 13.2 Å². The minimum absolute atomic E-state index is 0.0949. The van der Waals surface area contributed by atoms with Crippen molar-refractivity contribution in [2.75, 3.05) is 7.11 Å². The highest BCUT2D eigenvalue weighted by molar-refractivity contribution is 5.89. The van der Waals surface area contributed by atoms with Gasteiger partial charge in [0.2, 0.25) is 0 Å². The Morgan fingerprint density at radius 3 is 2.16 bits per heavy atom. The molecule has 0 atom stereocenters. The van der Waals surface area contributed by atoms with Gasteiger partial charge in [-0.3, -0.25) is 0 Å². The Kier molecular flexibility index (Phi) is 6.50.